The molecule has 0 saturated carbocycles. The molecule has 192 valence electrons. The number of hydrogen-bond acceptors (Lipinski definition) is 9. The molecule has 0 spiro atoms. The number of fused-ring (bicyclic) bond motifs is 3. The van der Waals surface area contributed by atoms with Crippen LogP contribution in [0.3, 0.4) is 0 Å². The van der Waals surface area contributed by atoms with E-state index in [1.54, 1.807) is 26.4 Å². The van der Waals surface area contributed by atoms with Crippen LogP contribution in [0.15, 0.2) is 58.2 Å². The summed E-state index contributed by atoms with van der Waals surface area (Å²) in [7, 11) is 4.62. The molecule has 4 rings (SSSR count). The van der Waals surface area contributed by atoms with E-state index in [1.807, 2.05) is 18.4 Å². The quantitative estimate of drug-likeness (QED) is 0.177. The van der Waals surface area contributed by atoms with Crippen LogP contribution in [-0.4, -0.2) is 45.1 Å². The highest BCUT2D eigenvalue weighted by Crippen LogP contribution is 2.51. The number of esters is 1. The van der Waals surface area contributed by atoms with Gasteiger partial charge >= 0.3 is 5.97 Å². The van der Waals surface area contributed by atoms with E-state index in [-0.39, 0.29) is 29.2 Å². The lowest BCUT2D eigenvalue weighted by molar-refractivity contribution is -0.384. The molecule has 0 unspecified atom stereocenters. The van der Waals surface area contributed by atoms with E-state index in [1.165, 1.54) is 43.1 Å². The van der Waals surface area contributed by atoms with Gasteiger partial charge in [0.15, 0.2) is 16.9 Å². The number of methoxy groups -OCH3 is 3. The van der Waals surface area contributed by atoms with E-state index >= 15 is 0 Å². The Kier molecular flexibility index (Phi) is 7.68. The van der Waals surface area contributed by atoms with Crippen LogP contribution in [0, 0.1) is 10.1 Å². The molecule has 0 aromatic heterocycles. The summed E-state index contributed by atoms with van der Waals surface area (Å²) in [6.45, 7) is -0.00300. The Morgan fingerprint density at radius 3 is 2.32 bits per heavy atom. The molecule has 0 bridgehead atoms. The number of thioether (sulfide) groups is 1. The SMILES string of the molecule is COc1cc2c(c(OC)c1OC)-c1ccc(SC)c(=O)cc1[C@@H](COC(=O)c1ccc([N+](=O)[O-])cc1)C2. The molecule has 0 radical (unpaired) electrons. The van der Waals surface area contributed by atoms with Crippen molar-refractivity contribution in [1.29, 1.82) is 0 Å². The highest BCUT2D eigenvalue weighted by molar-refractivity contribution is 7.98. The van der Waals surface area contributed by atoms with Crippen LogP contribution in [0.25, 0.3) is 11.1 Å². The van der Waals surface area contributed by atoms with Crippen molar-refractivity contribution in [3.8, 4) is 28.4 Å². The second-order valence-corrected chi connectivity index (χ2v) is 9.11. The zero-order chi connectivity index (χ0) is 26.7. The van der Waals surface area contributed by atoms with Gasteiger partial charge in [-0.15, -0.1) is 11.8 Å². The predicted molar refractivity (Wildman–Crippen MR) is 139 cm³/mol. The van der Waals surface area contributed by atoms with Gasteiger partial charge in [0, 0.05) is 23.6 Å². The third-order valence-electron chi connectivity index (χ3n) is 6.28. The number of nitrogens with zero attached hydrogens (tertiary/aromatic N) is 1. The van der Waals surface area contributed by atoms with Crippen molar-refractivity contribution in [3.63, 3.8) is 0 Å². The molecule has 1 atom stereocenters. The Morgan fingerprint density at radius 1 is 1.03 bits per heavy atom. The third kappa shape index (κ3) is 4.97. The average Bonchev–Trinajstić information content (AvgIpc) is 3.08. The summed E-state index contributed by atoms with van der Waals surface area (Å²) >= 11 is 1.35. The van der Waals surface area contributed by atoms with Gasteiger partial charge in [-0.25, -0.2) is 4.79 Å². The average molecular weight is 524 g/mol. The number of hydrogen-bond donors (Lipinski definition) is 0. The molecule has 0 N–H and O–H groups in total. The molecule has 1 aliphatic rings. The highest BCUT2D eigenvalue weighted by atomic mass is 32.2. The minimum absolute atomic E-state index is 0.00300. The Morgan fingerprint density at radius 2 is 1.73 bits per heavy atom. The molecule has 3 aromatic rings. The predicted octanol–water partition coefficient (Wildman–Crippen LogP) is 4.87. The summed E-state index contributed by atoms with van der Waals surface area (Å²) in [6, 6.07) is 12.3. The number of nitro benzene ring substituents is 1. The van der Waals surface area contributed by atoms with Crippen LogP contribution in [0.4, 0.5) is 5.69 Å². The maximum absolute atomic E-state index is 12.9. The fraction of sp³-hybridized carbons (Fsp3) is 0.259. The highest BCUT2D eigenvalue weighted by Gasteiger charge is 2.32. The van der Waals surface area contributed by atoms with Crippen LogP contribution in [-0.2, 0) is 11.2 Å². The summed E-state index contributed by atoms with van der Waals surface area (Å²) in [5.41, 5.74) is 3.12. The Labute approximate surface area is 217 Å². The fourth-order valence-electron chi connectivity index (χ4n) is 4.53. The lowest BCUT2D eigenvalue weighted by Gasteiger charge is -2.29. The van der Waals surface area contributed by atoms with Gasteiger partial charge in [-0.2, -0.15) is 0 Å². The second-order valence-electron chi connectivity index (χ2n) is 8.26. The lowest BCUT2D eigenvalue weighted by Crippen LogP contribution is -2.20. The molecule has 0 aliphatic heterocycles. The van der Waals surface area contributed by atoms with Gasteiger partial charge in [0.1, 0.15) is 0 Å². The minimum Gasteiger partial charge on any atom is -0.493 e. The molecule has 37 heavy (non-hydrogen) atoms. The summed E-state index contributed by atoms with van der Waals surface area (Å²) in [4.78, 5) is 36.6. The lowest BCUT2D eigenvalue weighted by atomic mass is 9.79. The topological polar surface area (TPSA) is 114 Å². The molecule has 0 saturated heterocycles. The number of benzene rings is 2. The first-order valence-corrected chi connectivity index (χ1v) is 12.5. The monoisotopic (exact) mass is 523 g/mol. The van der Waals surface area contributed by atoms with Crippen LogP contribution in [0.1, 0.15) is 27.4 Å². The van der Waals surface area contributed by atoms with E-state index in [2.05, 4.69) is 0 Å². The summed E-state index contributed by atoms with van der Waals surface area (Å²) in [5.74, 6) is 0.486. The van der Waals surface area contributed by atoms with Crippen molar-refractivity contribution in [2.45, 2.75) is 17.2 Å². The van der Waals surface area contributed by atoms with Crippen molar-refractivity contribution in [2.75, 3.05) is 34.2 Å². The van der Waals surface area contributed by atoms with Gasteiger partial charge in [-0.1, -0.05) is 6.07 Å². The Balaban J connectivity index is 1.77. The normalized spacial score (nSPS) is 13.7. The number of rotatable bonds is 8. The largest absolute Gasteiger partial charge is 0.493 e. The maximum atomic E-state index is 12.9. The van der Waals surface area contributed by atoms with Crippen molar-refractivity contribution < 1.29 is 28.7 Å². The first-order valence-electron chi connectivity index (χ1n) is 11.3. The van der Waals surface area contributed by atoms with Gasteiger partial charge in [-0.3, -0.25) is 14.9 Å². The minimum atomic E-state index is -0.611. The van der Waals surface area contributed by atoms with Gasteiger partial charge in [0.2, 0.25) is 5.75 Å². The van der Waals surface area contributed by atoms with Crippen LogP contribution >= 0.6 is 11.8 Å². The van der Waals surface area contributed by atoms with E-state index in [0.29, 0.717) is 28.6 Å². The van der Waals surface area contributed by atoms with Gasteiger partial charge in [0.25, 0.3) is 5.69 Å². The van der Waals surface area contributed by atoms with E-state index in [0.717, 1.165) is 22.3 Å². The molecular weight excluding hydrogens is 498 g/mol. The standard InChI is InChI=1S/C27H25NO8S/c1-33-22-12-16-11-17(14-36-27(30)15-5-7-18(8-6-15)28(31)32)20-13-21(29)23(37-4)10-9-19(20)24(16)26(35-3)25(22)34-2/h5-10,12-13,17H,11,14H2,1-4H3/t17-/m1/s1. The second kappa shape index (κ2) is 10.9. The Hall–Kier alpha value is -4.05. The first kappa shape index (κ1) is 26.0. The van der Waals surface area contributed by atoms with Gasteiger partial charge in [-0.05, 0) is 59.7 Å². The zero-order valence-electron chi connectivity index (χ0n) is 20.7. The van der Waals surface area contributed by atoms with Crippen LogP contribution in [0.5, 0.6) is 17.2 Å². The van der Waals surface area contributed by atoms with Gasteiger partial charge < -0.3 is 18.9 Å². The Bertz CT molecular complexity index is 1420. The maximum Gasteiger partial charge on any atom is 0.338 e. The van der Waals surface area contributed by atoms with Crippen molar-refractivity contribution in [1.82, 2.24) is 0 Å². The molecule has 1 aliphatic carbocycles. The van der Waals surface area contributed by atoms with Gasteiger partial charge in [0.05, 0.1) is 43.3 Å². The van der Waals surface area contributed by atoms with E-state index < -0.39 is 10.9 Å². The van der Waals surface area contributed by atoms with Crippen LogP contribution < -0.4 is 19.6 Å². The molecule has 3 aromatic carbocycles. The summed E-state index contributed by atoms with van der Waals surface area (Å²) < 4.78 is 22.5. The molecule has 0 heterocycles. The summed E-state index contributed by atoms with van der Waals surface area (Å²) in [6.07, 6.45) is 2.28. The number of nitro groups is 1. The van der Waals surface area contributed by atoms with Crippen molar-refractivity contribution in [3.05, 3.63) is 85.6 Å². The number of non-ortho nitro benzene ring substituents is 1. The molecule has 0 fully saturated rings. The fourth-order valence-corrected chi connectivity index (χ4v) is 4.99. The van der Waals surface area contributed by atoms with Crippen molar-refractivity contribution in [2.24, 2.45) is 0 Å². The third-order valence-corrected chi connectivity index (χ3v) is 7.06. The molecule has 0 amide bonds. The number of ether oxygens (including phenoxy) is 4. The molecular formula is C27H25NO8S. The summed E-state index contributed by atoms with van der Waals surface area (Å²) in [5, 5.41) is 10.9. The molecule has 9 nitrogen and oxygen atoms in total. The van der Waals surface area contributed by atoms with Crippen molar-refractivity contribution >= 4 is 23.4 Å². The zero-order valence-corrected chi connectivity index (χ0v) is 21.5. The van der Waals surface area contributed by atoms with E-state index in [4.69, 9.17) is 18.9 Å². The number of carbonyl (C=O) groups is 1. The smallest absolute Gasteiger partial charge is 0.338 e. The number of carbonyl (C=O) groups excluding carboxylic acids is 1. The molecule has 10 heteroatoms. The first-order chi connectivity index (χ1) is 17.8. The van der Waals surface area contributed by atoms with E-state index in [9.17, 15) is 19.7 Å². The van der Waals surface area contributed by atoms with Crippen LogP contribution in [0.2, 0.25) is 0 Å².